The van der Waals surface area contributed by atoms with Crippen molar-refractivity contribution in [3.8, 4) is 0 Å². The lowest BCUT2D eigenvalue weighted by Crippen LogP contribution is -2.37. The van der Waals surface area contributed by atoms with E-state index in [1.165, 1.54) is 25.3 Å². The second-order valence-electron chi connectivity index (χ2n) is 5.81. The number of amides is 1. The molecule has 2 saturated carbocycles. The van der Waals surface area contributed by atoms with Gasteiger partial charge in [-0.15, -0.1) is 0 Å². The fraction of sp³-hybridized carbons (Fsp3) is 0.562. The first kappa shape index (κ1) is 12.6. The first-order valence-electron chi connectivity index (χ1n) is 7.30. The van der Waals surface area contributed by atoms with E-state index in [9.17, 15) is 9.18 Å². The Morgan fingerprint density at radius 3 is 2.63 bits per heavy atom. The highest BCUT2D eigenvalue weighted by atomic mass is 19.1. The summed E-state index contributed by atoms with van der Waals surface area (Å²) in [6.07, 6.45) is 6.71. The molecule has 0 spiro atoms. The summed E-state index contributed by atoms with van der Waals surface area (Å²) < 4.78 is 13.6. The Kier molecular flexibility index (Phi) is 3.54. The van der Waals surface area contributed by atoms with E-state index in [1.54, 1.807) is 12.1 Å². The van der Waals surface area contributed by atoms with Gasteiger partial charge in [-0.1, -0.05) is 37.5 Å². The van der Waals surface area contributed by atoms with Crippen molar-refractivity contribution in [3.63, 3.8) is 0 Å². The summed E-state index contributed by atoms with van der Waals surface area (Å²) in [6, 6.07) is 7.16. The third-order valence-electron chi connectivity index (χ3n) is 4.38. The van der Waals surface area contributed by atoms with Crippen molar-refractivity contribution in [2.75, 3.05) is 0 Å². The molecule has 2 nitrogen and oxygen atoms in total. The van der Waals surface area contributed by atoms with Gasteiger partial charge in [0.15, 0.2) is 0 Å². The van der Waals surface area contributed by atoms with Crippen molar-refractivity contribution in [2.24, 2.45) is 5.92 Å². The first-order chi connectivity index (χ1) is 9.25. The maximum absolute atomic E-state index is 13.6. The van der Waals surface area contributed by atoms with Gasteiger partial charge in [0.05, 0.1) is 0 Å². The van der Waals surface area contributed by atoms with Gasteiger partial charge < -0.3 is 5.32 Å². The molecule has 2 fully saturated rings. The van der Waals surface area contributed by atoms with Gasteiger partial charge >= 0.3 is 0 Å². The molecule has 1 aromatic carbocycles. The summed E-state index contributed by atoms with van der Waals surface area (Å²) in [5.41, 5.74) is 0.700. The van der Waals surface area contributed by atoms with Gasteiger partial charge in [-0.05, 0) is 36.8 Å². The van der Waals surface area contributed by atoms with Crippen LogP contribution in [0.5, 0.6) is 0 Å². The smallest absolute Gasteiger partial charge is 0.223 e. The van der Waals surface area contributed by atoms with E-state index in [4.69, 9.17) is 0 Å². The Morgan fingerprint density at radius 2 is 1.89 bits per heavy atom. The monoisotopic (exact) mass is 261 g/mol. The van der Waals surface area contributed by atoms with Crippen LogP contribution < -0.4 is 5.32 Å². The average molecular weight is 261 g/mol. The zero-order valence-electron chi connectivity index (χ0n) is 11.1. The topological polar surface area (TPSA) is 29.1 Å². The van der Waals surface area contributed by atoms with E-state index in [0.29, 0.717) is 11.6 Å². The molecule has 2 aliphatic rings. The van der Waals surface area contributed by atoms with Gasteiger partial charge in [0.25, 0.3) is 0 Å². The molecule has 0 aliphatic heterocycles. The Hall–Kier alpha value is -1.38. The van der Waals surface area contributed by atoms with Crippen LogP contribution in [0.25, 0.3) is 0 Å². The molecule has 3 rings (SSSR count). The maximum Gasteiger partial charge on any atom is 0.223 e. The van der Waals surface area contributed by atoms with Crippen LogP contribution in [0.4, 0.5) is 4.39 Å². The number of nitrogens with one attached hydrogen (secondary N) is 1. The van der Waals surface area contributed by atoms with Crippen molar-refractivity contribution in [1.82, 2.24) is 5.32 Å². The number of halogens is 1. The quantitative estimate of drug-likeness (QED) is 0.888. The molecular formula is C16H20FNO. The third-order valence-corrected chi connectivity index (χ3v) is 4.38. The number of carbonyl (C=O) groups is 1. The summed E-state index contributed by atoms with van der Waals surface area (Å²) >= 11 is 0. The number of benzene rings is 1. The molecule has 0 saturated heterocycles. The lowest BCUT2D eigenvalue weighted by molar-refractivity contribution is -0.123. The van der Waals surface area contributed by atoms with Gasteiger partial charge in [0.2, 0.25) is 5.91 Å². The SMILES string of the molecule is O=C(NC1CCCCC1)C1CC1c1ccccc1F. The van der Waals surface area contributed by atoms with Crippen LogP contribution in [0, 0.1) is 11.7 Å². The average Bonchev–Trinajstić information content (AvgIpc) is 3.21. The van der Waals surface area contributed by atoms with Crippen molar-refractivity contribution < 1.29 is 9.18 Å². The van der Waals surface area contributed by atoms with Crippen LogP contribution >= 0.6 is 0 Å². The van der Waals surface area contributed by atoms with Crippen LogP contribution in [-0.4, -0.2) is 11.9 Å². The lowest BCUT2D eigenvalue weighted by Gasteiger charge is -2.22. The third kappa shape index (κ3) is 2.80. The molecule has 2 atom stereocenters. The zero-order valence-corrected chi connectivity index (χ0v) is 11.1. The molecule has 1 N–H and O–H groups in total. The van der Waals surface area contributed by atoms with E-state index in [1.807, 2.05) is 6.07 Å². The number of hydrogen-bond acceptors (Lipinski definition) is 1. The maximum atomic E-state index is 13.6. The molecule has 2 unspecified atom stereocenters. The normalized spacial score (nSPS) is 27.0. The molecule has 0 heterocycles. The first-order valence-corrected chi connectivity index (χ1v) is 7.30. The highest BCUT2D eigenvalue weighted by molar-refractivity contribution is 5.83. The number of carbonyl (C=O) groups excluding carboxylic acids is 1. The van der Waals surface area contributed by atoms with E-state index >= 15 is 0 Å². The Labute approximate surface area is 113 Å². The fourth-order valence-electron chi connectivity index (χ4n) is 3.16. The van der Waals surface area contributed by atoms with Gasteiger partial charge in [-0.3, -0.25) is 4.79 Å². The second kappa shape index (κ2) is 5.32. The van der Waals surface area contributed by atoms with E-state index in [0.717, 1.165) is 19.3 Å². The van der Waals surface area contributed by atoms with Crippen LogP contribution in [0.15, 0.2) is 24.3 Å². The van der Waals surface area contributed by atoms with Gasteiger partial charge in [-0.2, -0.15) is 0 Å². The Bertz CT molecular complexity index is 468. The second-order valence-corrected chi connectivity index (χ2v) is 5.81. The molecule has 102 valence electrons. The predicted molar refractivity (Wildman–Crippen MR) is 72.3 cm³/mol. The molecule has 0 aromatic heterocycles. The van der Waals surface area contributed by atoms with Crippen LogP contribution in [0.1, 0.15) is 50.0 Å². The van der Waals surface area contributed by atoms with Crippen molar-refractivity contribution >= 4 is 5.91 Å². The standard InChI is InChI=1S/C16H20FNO/c17-15-9-5-4-8-12(15)13-10-14(13)16(19)18-11-6-2-1-3-7-11/h4-5,8-9,11,13-14H,1-3,6-7,10H2,(H,18,19). The summed E-state index contributed by atoms with van der Waals surface area (Å²) in [6.45, 7) is 0. The van der Waals surface area contributed by atoms with E-state index < -0.39 is 0 Å². The summed E-state index contributed by atoms with van der Waals surface area (Å²) in [5, 5.41) is 3.14. The summed E-state index contributed by atoms with van der Waals surface area (Å²) in [4.78, 5) is 12.1. The van der Waals surface area contributed by atoms with Crippen LogP contribution in [0.2, 0.25) is 0 Å². The molecule has 1 amide bonds. The molecule has 0 bridgehead atoms. The Balaban J connectivity index is 1.57. The zero-order chi connectivity index (χ0) is 13.2. The molecule has 2 aliphatic carbocycles. The summed E-state index contributed by atoms with van der Waals surface area (Å²) in [5.74, 6) is 0.0178. The predicted octanol–water partition coefficient (Wildman–Crippen LogP) is 3.38. The van der Waals surface area contributed by atoms with Gasteiger partial charge in [0.1, 0.15) is 5.82 Å². The van der Waals surface area contributed by atoms with Gasteiger partial charge in [0, 0.05) is 12.0 Å². The molecule has 1 aromatic rings. The fourth-order valence-corrected chi connectivity index (χ4v) is 3.16. The molecule has 3 heteroatoms. The minimum Gasteiger partial charge on any atom is -0.353 e. The number of rotatable bonds is 3. The van der Waals surface area contributed by atoms with E-state index in [2.05, 4.69) is 5.32 Å². The largest absolute Gasteiger partial charge is 0.353 e. The van der Waals surface area contributed by atoms with Crippen molar-refractivity contribution in [3.05, 3.63) is 35.6 Å². The number of hydrogen-bond donors (Lipinski definition) is 1. The summed E-state index contributed by atoms with van der Waals surface area (Å²) in [7, 11) is 0. The van der Waals surface area contributed by atoms with E-state index in [-0.39, 0.29) is 23.6 Å². The highest BCUT2D eigenvalue weighted by Crippen LogP contribution is 2.48. The minimum atomic E-state index is -0.180. The van der Waals surface area contributed by atoms with Crippen LogP contribution in [0.3, 0.4) is 0 Å². The van der Waals surface area contributed by atoms with Crippen molar-refractivity contribution in [2.45, 2.75) is 50.5 Å². The van der Waals surface area contributed by atoms with Crippen LogP contribution in [-0.2, 0) is 4.79 Å². The van der Waals surface area contributed by atoms with Gasteiger partial charge in [-0.25, -0.2) is 4.39 Å². The molecule has 19 heavy (non-hydrogen) atoms. The Morgan fingerprint density at radius 1 is 1.16 bits per heavy atom. The minimum absolute atomic E-state index is 0.0150. The molecule has 0 radical (unpaired) electrons. The highest BCUT2D eigenvalue weighted by Gasteiger charge is 2.45. The van der Waals surface area contributed by atoms with Crippen molar-refractivity contribution in [1.29, 1.82) is 0 Å². The molecular weight excluding hydrogens is 241 g/mol. The lowest BCUT2D eigenvalue weighted by atomic mass is 9.95.